The van der Waals surface area contributed by atoms with Crippen molar-refractivity contribution in [2.75, 3.05) is 6.61 Å². The number of thiophene rings is 1. The van der Waals surface area contributed by atoms with E-state index in [4.69, 9.17) is 5.11 Å². The molecule has 0 aliphatic heterocycles. The van der Waals surface area contributed by atoms with Gasteiger partial charge < -0.3 is 10.4 Å². The third-order valence-electron chi connectivity index (χ3n) is 2.98. The van der Waals surface area contributed by atoms with Crippen LogP contribution in [0.25, 0.3) is 0 Å². The van der Waals surface area contributed by atoms with E-state index in [1.807, 2.05) is 42.6 Å². The van der Waals surface area contributed by atoms with E-state index in [2.05, 4.69) is 17.2 Å². The van der Waals surface area contributed by atoms with Gasteiger partial charge in [0, 0.05) is 18.5 Å². The lowest BCUT2D eigenvalue weighted by Gasteiger charge is -2.07. The maximum atomic E-state index is 12.1. The normalized spacial score (nSPS) is 9.81. The third-order valence-corrected chi connectivity index (χ3v) is 4.00. The second kappa shape index (κ2) is 7.63. The predicted molar refractivity (Wildman–Crippen MR) is 85.2 cm³/mol. The molecular formula is C17H17NO2S. The van der Waals surface area contributed by atoms with Crippen molar-refractivity contribution in [1.29, 1.82) is 0 Å². The van der Waals surface area contributed by atoms with Gasteiger partial charge in [0.2, 0.25) is 0 Å². The molecule has 1 heterocycles. The van der Waals surface area contributed by atoms with Gasteiger partial charge >= 0.3 is 0 Å². The van der Waals surface area contributed by atoms with Crippen molar-refractivity contribution in [3.05, 3.63) is 57.3 Å². The van der Waals surface area contributed by atoms with Crippen molar-refractivity contribution >= 4 is 17.2 Å². The van der Waals surface area contributed by atoms with E-state index in [1.165, 1.54) is 11.3 Å². The van der Waals surface area contributed by atoms with Gasteiger partial charge in [-0.1, -0.05) is 30.0 Å². The molecule has 2 rings (SSSR count). The van der Waals surface area contributed by atoms with Crippen LogP contribution < -0.4 is 5.32 Å². The Morgan fingerprint density at radius 1 is 1.33 bits per heavy atom. The molecule has 21 heavy (non-hydrogen) atoms. The minimum absolute atomic E-state index is 0.0550. The molecule has 0 atom stereocenters. The fourth-order valence-electron chi connectivity index (χ4n) is 1.87. The molecule has 0 saturated heterocycles. The van der Waals surface area contributed by atoms with Crippen molar-refractivity contribution in [1.82, 2.24) is 5.32 Å². The Labute approximate surface area is 128 Å². The van der Waals surface area contributed by atoms with Crippen LogP contribution in [-0.2, 0) is 6.54 Å². The molecule has 0 radical (unpaired) electrons. The average Bonchev–Trinajstić information content (AvgIpc) is 2.92. The van der Waals surface area contributed by atoms with Gasteiger partial charge in [-0.15, -0.1) is 11.3 Å². The summed E-state index contributed by atoms with van der Waals surface area (Å²) < 4.78 is 0. The first-order chi connectivity index (χ1) is 10.2. The van der Waals surface area contributed by atoms with Gasteiger partial charge in [-0.25, -0.2) is 0 Å². The third kappa shape index (κ3) is 4.19. The number of hydrogen-bond donors (Lipinski definition) is 2. The zero-order valence-electron chi connectivity index (χ0n) is 11.8. The second-order valence-corrected chi connectivity index (χ2v) is 5.46. The number of rotatable bonds is 4. The molecule has 0 bridgehead atoms. The van der Waals surface area contributed by atoms with Crippen molar-refractivity contribution in [2.24, 2.45) is 0 Å². The number of nitrogens with one attached hydrogen (secondary N) is 1. The summed E-state index contributed by atoms with van der Waals surface area (Å²) in [6.45, 7) is 2.43. The molecule has 0 saturated carbocycles. The summed E-state index contributed by atoms with van der Waals surface area (Å²) in [4.78, 5) is 12.9. The maximum Gasteiger partial charge on any atom is 0.261 e. The first-order valence-corrected chi connectivity index (χ1v) is 7.60. The van der Waals surface area contributed by atoms with E-state index in [-0.39, 0.29) is 12.5 Å². The SMILES string of the molecule is Cc1ccsc1C(=O)NCc1ccccc1C#CCCO. The van der Waals surface area contributed by atoms with Gasteiger partial charge in [0.05, 0.1) is 11.5 Å². The van der Waals surface area contributed by atoms with Gasteiger partial charge in [-0.3, -0.25) is 4.79 Å². The van der Waals surface area contributed by atoms with Gasteiger partial charge in [0.1, 0.15) is 0 Å². The molecule has 3 nitrogen and oxygen atoms in total. The molecule has 1 aromatic heterocycles. The monoisotopic (exact) mass is 299 g/mol. The zero-order valence-corrected chi connectivity index (χ0v) is 12.7. The van der Waals surface area contributed by atoms with E-state index >= 15 is 0 Å². The Balaban J connectivity index is 2.05. The summed E-state index contributed by atoms with van der Waals surface area (Å²) in [6, 6.07) is 9.65. The van der Waals surface area contributed by atoms with Crippen LogP contribution in [0.4, 0.5) is 0 Å². The van der Waals surface area contributed by atoms with E-state index in [0.717, 1.165) is 21.6 Å². The van der Waals surface area contributed by atoms with Crippen LogP contribution in [0.2, 0.25) is 0 Å². The summed E-state index contributed by atoms with van der Waals surface area (Å²) in [7, 11) is 0. The summed E-state index contributed by atoms with van der Waals surface area (Å²) in [5.74, 6) is 5.88. The number of carbonyl (C=O) groups excluding carboxylic acids is 1. The minimum atomic E-state index is -0.0550. The fourth-order valence-corrected chi connectivity index (χ4v) is 2.71. The minimum Gasteiger partial charge on any atom is -0.395 e. The smallest absolute Gasteiger partial charge is 0.261 e. The standard InChI is InChI=1S/C17H17NO2S/c1-13-9-11-21-16(13)17(20)18-12-15-8-3-2-6-14(15)7-4-5-10-19/h2-3,6,8-9,11,19H,5,10,12H2,1H3,(H,18,20). The van der Waals surface area contributed by atoms with Crippen LogP contribution in [0, 0.1) is 18.8 Å². The van der Waals surface area contributed by atoms with E-state index in [0.29, 0.717) is 13.0 Å². The van der Waals surface area contributed by atoms with E-state index in [1.54, 1.807) is 0 Å². The lowest BCUT2D eigenvalue weighted by Crippen LogP contribution is -2.22. The summed E-state index contributed by atoms with van der Waals surface area (Å²) in [6.07, 6.45) is 0.453. The first kappa shape index (κ1) is 15.3. The summed E-state index contributed by atoms with van der Waals surface area (Å²) in [5, 5.41) is 13.6. The Hall–Kier alpha value is -2.09. The highest BCUT2D eigenvalue weighted by Gasteiger charge is 2.10. The van der Waals surface area contributed by atoms with E-state index < -0.39 is 0 Å². The Morgan fingerprint density at radius 3 is 2.86 bits per heavy atom. The van der Waals surface area contributed by atoms with Crippen LogP contribution >= 0.6 is 11.3 Å². The van der Waals surface area contributed by atoms with Crippen LogP contribution in [-0.4, -0.2) is 17.6 Å². The van der Waals surface area contributed by atoms with Crippen LogP contribution in [0.3, 0.4) is 0 Å². The van der Waals surface area contributed by atoms with Gasteiger partial charge in [0.15, 0.2) is 0 Å². The van der Waals surface area contributed by atoms with Crippen LogP contribution in [0.15, 0.2) is 35.7 Å². The molecule has 0 spiro atoms. The predicted octanol–water partition coefficient (Wildman–Crippen LogP) is 2.72. The van der Waals surface area contributed by atoms with Crippen molar-refractivity contribution in [2.45, 2.75) is 19.9 Å². The highest BCUT2D eigenvalue weighted by molar-refractivity contribution is 7.12. The van der Waals surface area contributed by atoms with Crippen molar-refractivity contribution in [3.8, 4) is 11.8 Å². The summed E-state index contributed by atoms with van der Waals surface area (Å²) in [5.41, 5.74) is 2.85. The lowest BCUT2D eigenvalue weighted by molar-refractivity contribution is 0.0954. The topological polar surface area (TPSA) is 49.3 Å². The molecular weight excluding hydrogens is 282 g/mol. The molecule has 2 N–H and O–H groups in total. The molecule has 1 amide bonds. The fraction of sp³-hybridized carbons (Fsp3) is 0.235. The zero-order chi connectivity index (χ0) is 15.1. The highest BCUT2D eigenvalue weighted by Crippen LogP contribution is 2.15. The van der Waals surface area contributed by atoms with Gasteiger partial charge in [-0.2, -0.15) is 0 Å². The molecule has 0 fully saturated rings. The van der Waals surface area contributed by atoms with Gasteiger partial charge in [-0.05, 0) is 35.6 Å². The molecule has 0 unspecified atom stereocenters. The van der Waals surface area contributed by atoms with Crippen LogP contribution in [0.5, 0.6) is 0 Å². The number of amides is 1. The average molecular weight is 299 g/mol. The lowest BCUT2D eigenvalue weighted by atomic mass is 10.1. The molecule has 108 valence electrons. The number of carbonyl (C=O) groups is 1. The van der Waals surface area contributed by atoms with Crippen molar-refractivity contribution in [3.63, 3.8) is 0 Å². The largest absolute Gasteiger partial charge is 0.395 e. The number of aliphatic hydroxyl groups is 1. The second-order valence-electron chi connectivity index (χ2n) is 4.55. The number of benzene rings is 1. The number of hydrogen-bond acceptors (Lipinski definition) is 3. The Morgan fingerprint density at radius 2 is 2.14 bits per heavy atom. The Kier molecular flexibility index (Phi) is 5.56. The first-order valence-electron chi connectivity index (χ1n) is 6.72. The molecule has 1 aromatic carbocycles. The molecule has 0 aliphatic carbocycles. The molecule has 2 aromatic rings. The number of aliphatic hydroxyl groups excluding tert-OH is 1. The number of aryl methyl sites for hydroxylation is 1. The Bertz CT molecular complexity index is 679. The quantitative estimate of drug-likeness (QED) is 0.853. The van der Waals surface area contributed by atoms with E-state index in [9.17, 15) is 4.79 Å². The molecule has 4 heteroatoms. The van der Waals surface area contributed by atoms with Crippen LogP contribution in [0.1, 0.15) is 32.8 Å². The molecule has 0 aliphatic rings. The van der Waals surface area contributed by atoms with Crippen molar-refractivity contribution < 1.29 is 9.90 Å². The maximum absolute atomic E-state index is 12.1. The highest BCUT2D eigenvalue weighted by atomic mass is 32.1. The van der Waals surface area contributed by atoms with Gasteiger partial charge in [0.25, 0.3) is 5.91 Å². The summed E-state index contributed by atoms with van der Waals surface area (Å²) >= 11 is 1.45.